The second-order valence-corrected chi connectivity index (χ2v) is 6.79. The summed E-state index contributed by atoms with van der Waals surface area (Å²) < 4.78 is 13.6. The Labute approximate surface area is 177 Å². The molecule has 0 aliphatic heterocycles. The highest BCUT2D eigenvalue weighted by molar-refractivity contribution is 6.30. The van der Waals surface area contributed by atoms with E-state index >= 15 is 0 Å². The van der Waals surface area contributed by atoms with Crippen LogP contribution in [0.15, 0.2) is 72.9 Å². The first-order chi connectivity index (χ1) is 14.6. The Hall–Kier alpha value is -3.78. The number of para-hydroxylation sites is 1. The summed E-state index contributed by atoms with van der Waals surface area (Å²) in [5.41, 5.74) is 8.22. The molecule has 2 heterocycles. The number of benzene rings is 2. The Morgan fingerprint density at radius 3 is 2.47 bits per heavy atom. The second kappa shape index (κ2) is 8.71. The van der Waals surface area contributed by atoms with Gasteiger partial charge < -0.3 is 16.0 Å². The maximum absolute atomic E-state index is 13.6. The molecule has 0 unspecified atom stereocenters. The summed E-state index contributed by atoms with van der Waals surface area (Å²) in [6, 6.07) is 19.7. The zero-order valence-corrected chi connectivity index (χ0v) is 16.5. The van der Waals surface area contributed by atoms with Crippen LogP contribution in [0.3, 0.4) is 0 Å². The Bertz CT molecular complexity index is 1140. The molecular weight excluding hydrogens is 405 g/mol. The number of hydrogen-bond acceptors (Lipinski definition) is 7. The minimum absolute atomic E-state index is 0.0540. The third-order valence-corrected chi connectivity index (χ3v) is 4.43. The lowest BCUT2D eigenvalue weighted by Gasteiger charge is -2.23. The molecule has 3 N–H and O–H groups in total. The molecule has 0 atom stereocenters. The highest BCUT2D eigenvalue weighted by Crippen LogP contribution is 2.26. The van der Waals surface area contributed by atoms with Crippen molar-refractivity contribution < 1.29 is 4.39 Å². The fraction of sp³-hybridized carbons (Fsp3) is 0.0476. The molecule has 0 fully saturated rings. The molecule has 9 heteroatoms. The number of rotatable bonds is 6. The van der Waals surface area contributed by atoms with Crippen molar-refractivity contribution in [3.8, 4) is 0 Å². The predicted octanol–water partition coefficient (Wildman–Crippen LogP) is 4.72. The molecule has 0 amide bonds. The van der Waals surface area contributed by atoms with E-state index < -0.39 is 5.95 Å². The van der Waals surface area contributed by atoms with Crippen LogP contribution in [0, 0.1) is 5.95 Å². The van der Waals surface area contributed by atoms with E-state index in [0.717, 1.165) is 11.4 Å². The maximum atomic E-state index is 13.6. The van der Waals surface area contributed by atoms with Crippen LogP contribution in [0.25, 0.3) is 0 Å². The first kappa shape index (κ1) is 19.5. The van der Waals surface area contributed by atoms with E-state index in [4.69, 9.17) is 17.3 Å². The van der Waals surface area contributed by atoms with Crippen LogP contribution in [-0.4, -0.2) is 19.9 Å². The van der Waals surface area contributed by atoms with E-state index in [2.05, 4.69) is 25.3 Å². The van der Waals surface area contributed by atoms with Crippen LogP contribution >= 0.6 is 11.6 Å². The van der Waals surface area contributed by atoms with Gasteiger partial charge >= 0.3 is 0 Å². The summed E-state index contributed by atoms with van der Waals surface area (Å²) >= 11 is 5.94. The molecule has 0 saturated heterocycles. The standard InChI is InChI=1S/C21H17ClFN7/c22-15-6-8-16(9-7-15)26-20-27-19(24)28-21(29-20)30(17-4-2-1-3-5-17)13-14-10-11-25-18(23)12-14/h1-12H,13H2,(H3,24,26,27,28,29). The minimum Gasteiger partial charge on any atom is -0.368 e. The van der Waals surface area contributed by atoms with Crippen LogP contribution in [0.2, 0.25) is 5.02 Å². The number of anilines is 5. The zero-order chi connectivity index (χ0) is 20.9. The van der Waals surface area contributed by atoms with Crippen molar-refractivity contribution in [2.24, 2.45) is 0 Å². The summed E-state index contributed by atoms with van der Waals surface area (Å²) in [6.45, 7) is 0.313. The van der Waals surface area contributed by atoms with Gasteiger partial charge in [0.05, 0.1) is 6.54 Å². The van der Waals surface area contributed by atoms with Gasteiger partial charge in [-0.15, -0.1) is 0 Å². The van der Waals surface area contributed by atoms with Crippen LogP contribution in [0.1, 0.15) is 5.56 Å². The SMILES string of the molecule is Nc1nc(Nc2ccc(Cl)cc2)nc(N(Cc2ccnc(F)c2)c2ccccc2)n1. The van der Waals surface area contributed by atoms with Crippen molar-refractivity contribution in [2.75, 3.05) is 16.0 Å². The third kappa shape index (κ3) is 4.79. The summed E-state index contributed by atoms with van der Waals surface area (Å²) in [7, 11) is 0. The molecule has 7 nitrogen and oxygen atoms in total. The second-order valence-electron chi connectivity index (χ2n) is 6.36. The van der Waals surface area contributed by atoms with E-state index in [1.807, 2.05) is 35.2 Å². The van der Waals surface area contributed by atoms with Gasteiger partial charge in [-0.05, 0) is 54.1 Å². The highest BCUT2D eigenvalue weighted by Gasteiger charge is 2.16. The molecule has 0 saturated carbocycles. The monoisotopic (exact) mass is 421 g/mol. The average Bonchev–Trinajstić information content (AvgIpc) is 2.74. The minimum atomic E-state index is -0.555. The van der Waals surface area contributed by atoms with Gasteiger partial charge in [0, 0.05) is 22.6 Å². The van der Waals surface area contributed by atoms with Gasteiger partial charge in [-0.2, -0.15) is 19.3 Å². The third-order valence-electron chi connectivity index (χ3n) is 4.18. The first-order valence-corrected chi connectivity index (χ1v) is 9.42. The molecule has 150 valence electrons. The quantitative estimate of drug-likeness (QED) is 0.435. The van der Waals surface area contributed by atoms with Gasteiger partial charge in [0.25, 0.3) is 0 Å². The first-order valence-electron chi connectivity index (χ1n) is 9.04. The van der Waals surface area contributed by atoms with E-state index in [9.17, 15) is 4.39 Å². The molecule has 2 aromatic carbocycles. The van der Waals surface area contributed by atoms with Crippen LogP contribution in [-0.2, 0) is 6.54 Å². The molecule has 4 rings (SSSR count). The van der Waals surface area contributed by atoms with E-state index in [1.54, 1.807) is 30.3 Å². The molecule has 0 aliphatic carbocycles. The fourth-order valence-electron chi connectivity index (χ4n) is 2.83. The van der Waals surface area contributed by atoms with Gasteiger partial charge in [-0.3, -0.25) is 0 Å². The highest BCUT2D eigenvalue weighted by atomic mass is 35.5. The lowest BCUT2D eigenvalue weighted by Crippen LogP contribution is -2.21. The molecule has 4 aromatic rings. The molecule has 0 bridgehead atoms. The van der Waals surface area contributed by atoms with Gasteiger partial charge in [0.1, 0.15) is 0 Å². The van der Waals surface area contributed by atoms with Gasteiger partial charge in [-0.25, -0.2) is 4.98 Å². The van der Waals surface area contributed by atoms with E-state index in [-0.39, 0.29) is 11.9 Å². The largest absolute Gasteiger partial charge is 0.368 e. The van der Waals surface area contributed by atoms with Crippen molar-refractivity contribution in [2.45, 2.75) is 6.54 Å². The smallest absolute Gasteiger partial charge is 0.236 e. The summed E-state index contributed by atoms with van der Waals surface area (Å²) in [6.07, 6.45) is 1.42. The van der Waals surface area contributed by atoms with E-state index in [1.165, 1.54) is 12.3 Å². The molecule has 30 heavy (non-hydrogen) atoms. The number of nitrogen functional groups attached to an aromatic ring is 1. The number of nitrogens with one attached hydrogen (secondary N) is 1. The summed E-state index contributed by atoms with van der Waals surface area (Å²) in [5, 5.41) is 3.72. The predicted molar refractivity (Wildman–Crippen MR) is 115 cm³/mol. The number of hydrogen-bond donors (Lipinski definition) is 2. The van der Waals surface area contributed by atoms with E-state index in [0.29, 0.717) is 23.1 Å². The normalized spacial score (nSPS) is 10.6. The maximum Gasteiger partial charge on any atom is 0.236 e. The zero-order valence-electron chi connectivity index (χ0n) is 15.7. The van der Waals surface area contributed by atoms with Crippen LogP contribution in [0.5, 0.6) is 0 Å². The lowest BCUT2D eigenvalue weighted by molar-refractivity contribution is 0.581. The number of nitrogens with two attached hydrogens (primary N) is 1. The van der Waals surface area contributed by atoms with Crippen LogP contribution in [0.4, 0.5) is 33.6 Å². The van der Waals surface area contributed by atoms with Crippen molar-refractivity contribution in [1.82, 2.24) is 19.9 Å². The Morgan fingerprint density at radius 1 is 0.967 bits per heavy atom. The van der Waals surface area contributed by atoms with Crippen molar-refractivity contribution in [3.05, 3.63) is 89.5 Å². The van der Waals surface area contributed by atoms with Crippen molar-refractivity contribution in [3.63, 3.8) is 0 Å². The molecule has 2 aromatic heterocycles. The Morgan fingerprint density at radius 2 is 1.73 bits per heavy atom. The summed E-state index contributed by atoms with van der Waals surface area (Å²) in [4.78, 5) is 18.4. The molecule has 0 spiro atoms. The fourth-order valence-corrected chi connectivity index (χ4v) is 2.95. The Kier molecular flexibility index (Phi) is 5.67. The number of pyridine rings is 1. The molecule has 0 aliphatic rings. The van der Waals surface area contributed by atoms with Crippen molar-refractivity contribution >= 4 is 40.8 Å². The average molecular weight is 422 g/mol. The van der Waals surface area contributed by atoms with Gasteiger partial charge in [0.15, 0.2) is 0 Å². The molecule has 0 radical (unpaired) electrons. The lowest BCUT2D eigenvalue weighted by atomic mass is 10.2. The molecular formula is C21H17ClFN7. The van der Waals surface area contributed by atoms with Crippen molar-refractivity contribution in [1.29, 1.82) is 0 Å². The topological polar surface area (TPSA) is 92.8 Å². The van der Waals surface area contributed by atoms with Gasteiger partial charge in [0.2, 0.25) is 23.8 Å². The summed E-state index contributed by atoms with van der Waals surface area (Å²) in [5.74, 6) is 0.100. The number of halogens is 2. The van der Waals surface area contributed by atoms with Crippen LogP contribution < -0.4 is 16.0 Å². The Balaban J connectivity index is 1.70. The number of aromatic nitrogens is 4. The van der Waals surface area contributed by atoms with Gasteiger partial charge in [-0.1, -0.05) is 29.8 Å². The number of nitrogens with zero attached hydrogens (tertiary/aromatic N) is 5.